The molecule has 1 saturated heterocycles. The third-order valence-corrected chi connectivity index (χ3v) is 15.2. The van der Waals surface area contributed by atoms with Crippen LogP contribution in [0.25, 0.3) is 11.0 Å². The van der Waals surface area contributed by atoms with Crippen LogP contribution in [0.1, 0.15) is 105 Å². The molecule has 7 atom stereocenters. The summed E-state index contributed by atoms with van der Waals surface area (Å²) in [5.74, 6) is -8.31. The molecule has 2 bridgehead atoms. The minimum absolute atomic E-state index is 0.0363. The van der Waals surface area contributed by atoms with Gasteiger partial charge in [0.1, 0.15) is 29.5 Å². The van der Waals surface area contributed by atoms with Crippen molar-refractivity contribution in [2.45, 2.75) is 139 Å². The topological polar surface area (TPSA) is 195 Å². The molecule has 3 saturated carbocycles. The predicted molar refractivity (Wildman–Crippen MR) is 211 cm³/mol. The molecular formula is C41H52F4N6O9S. The van der Waals surface area contributed by atoms with Gasteiger partial charge in [0.2, 0.25) is 27.7 Å². The first kappa shape index (κ1) is 44.3. The summed E-state index contributed by atoms with van der Waals surface area (Å²) in [6.07, 6.45) is -3.90. The molecule has 334 valence electrons. The maximum atomic E-state index is 16.4. The van der Waals surface area contributed by atoms with Gasteiger partial charge in [0, 0.05) is 36.3 Å². The average Bonchev–Trinajstić information content (AvgIpc) is 4.13. The Balaban J connectivity index is 1.32. The lowest BCUT2D eigenvalue weighted by Gasteiger charge is -2.36. The SMILES string of the molecule is CC[C@@H]1[C@@H]2CN(C(=O)[C@H](C(C)(C)C)NC(=O)O[C@@]3(C)C[C@@H]3CCCCC(F)(F)c3nc4ccc(OC)cc4nc3O2)[C@@H]1C(=O)N[C@]1(C(=O)NS(=O)(=O)C2(C)CC2)CC1=C(F)F. The second-order valence-corrected chi connectivity index (χ2v) is 20.8. The highest BCUT2D eigenvalue weighted by Crippen LogP contribution is 2.51. The fourth-order valence-corrected chi connectivity index (χ4v) is 9.86. The number of halogens is 4. The molecule has 4 fully saturated rings. The van der Waals surface area contributed by atoms with Crippen LogP contribution >= 0.6 is 0 Å². The Morgan fingerprint density at radius 1 is 1.07 bits per heavy atom. The predicted octanol–water partition coefficient (Wildman–Crippen LogP) is 5.62. The van der Waals surface area contributed by atoms with Crippen molar-refractivity contribution >= 4 is 44.9 Å². The third kappa shape index (κ3) is 8.32. The van der Waals surface area contributed by atoms with Crippen LogP contribution in [0.4, 0.5) is 22.4 Å². The quantitative estimate of drug-likeness (QED) is 0.293. The summed E-state index contributed by atoms with van der Waals surface area (Å²) in [7, 11) is -2.92. The zero-order chi connectivity index (χ0) is 44.7. The number of aromatic nitrogens is 2. The van der Waals surface area contributed by atoms with Gasteiger partial charge in [-0.1, -0.05) is 34.1 Å². The van der Waals surface area contributed by atoms with E-state index in [-0.39, 0.29) is 42.6 Å². The largest absolute Gasteiger partial charge is 0.497 e. The third-order valence-electron chi connectivity index (χ3n) is 13.0. The summed E-state index contributed by atoms with van der Waals surface area (Å²) < 4.78 is 106. The summed E-state index contributed by atoms with van der Waals surface area (Å²) in [4.78, 5) is 66.6. The fourth-order valence-electron chi connectivity index (χ4n) is 8.56. The molecule has 15 nitrogen and oxygen atoms in total. The number of alkyl carbamates (subject to hydrolysis) is 1. The Bertz CT molecular complexity index is 2300. The van der Waals surface area contributed by atoms with E-state index >= 15 is 8.78 Å². The van der Waals surface area contributed by atoms with E-state index in [1.54, 1.807) is 40.7 Å². The van der Waals surface area contributed by atoms with E-state index in [0.717, 1.165) is 4.90 Å². The van der Waals surface area contributed by atoms with Gasteiger partial charge in [-0.3, -0.25) is 19.1 Å². The molecular weight excluding hydrogens is 829 g/mol. The molecule has 0 unspecified atom stereocenters. The van der Waals surface area contributed by atoms with Gasteiger partial charge in [-0.05, 0) is 69.9 Å². The first-order chi connectivity index (χ1) is 28.4. The van der Waals surface area contributed by atoms with Gasteiger partial charge in [-0.2, -0.15) is 17.6 Å². The Labute approximate surface area is 351 Å². The number of amides is 4. The Morgan fingerprint density at radius 3 is 2.38 bits per heavy atom. The van der Waals surface area contributed by atoms with E-state index in [9.17, 15) is 36.4 Å². The molecule has 2 aliphatic heterocycles. The highest BCUT2D eigenvalue weighted by atomic mass is 32.2. The van der Waals surface area contributed by atoms with Crippen LogP contribution in [0.3, 0.4) is 0 Å². The van der Waals surface area contributed by atoms with Crippen LogP contribution in [-0.4, -0.2) is 94.8 Å². The van der Waals surface area contributed by atoms with Crippen molar-refractivity contribution in [3.8, 4) is 11.6 Å². The number of rotatable bonds is 7. The number of alkyl halides is 2. The molecule has 3 heterocycles. The average molecular weight is 881 g/mol. The van der Waals surface area contributed by atoms with Gasteiger partial charge in [0.15, 0.2) is 11.2 Å². The van der Waals surface area contributed by atoms with Gasteiger partial charge in [0.05, 0.1) is 29.4 Å². The summed E-state index contributed by atoms with van der Waals surface area (Å²) in [5.41, 5.74) is -5.73. The zero-order valence-electron chi connectivity index (χ0n) is 35.1. The van der Waals surface area contributed by atoms with E-state index in [0.29, 0.717) is 25.0 Å². The number of hydrogen-bond acceptors (Lipinski definition) is 11. The van der Waals surface area contributed by atoms with Crippen molar-refractivity contribution in [2.24, 2.45) is 17.3 Å². The van der Waals surface area contributed by atoms with Crippen LogP contribution in [0.5, 0.6) is 11.6 Å². The van der Waals surface area contributed by atoms with Crippen molar-refractivity contribution in [3.63, 3.8) is 0 Å². The smallest absolute Gasteiger partial charge is 0.408 e. The first-order valence-corrected chi connectivity index (χ1v) is 22.0. The molecule has 5 aliphatic rings. The number of ether oxygens (including phenoxy) is 3. The van der Waals surface area contributed by atoms with Crippen molar-refractivity contribution in [1.82, 2.24) is 30.2 Å². The van der Waals surface area contributed by atoms with Crippen LogP contribution in [0, 0.1) is 17.3 Å². The van der Waals surface area contributed by atoms with Gasteiger partial charge in [0.25, 0.3) is 17.9 Å². The standard InChI is InChI=1S/C41H52F4N6O9S/c1-8-23-27-20-51(28(23)32(52)49-40(19-24(40)31(42)43)35(54)50-61(56,57)38(5)15-16-38)34(53)30(37(2,3)4)48-36(55)60-39(6)18-21(39)11-9-10-14-41(44,45)29-33(59-27)47-26-17-22(58-7)12-13-25(26)46-29/h12-13,17,21,23,27-28,30H,8-11,14-16,18-20H2,1-7H3,(H,48,55)(H,49,52)(H,50,54)/t21-,23+,27-,28-,30+,39-,40+/m0/s1. The first-order valence-electron chi connectivity index (χ1n) is 20.5. The highest BCUT2D eigenvalue weighted by Gasteiger charge is 2.64. The molecule has 20 heteroatoms. The molecule has 1 aromatic heterocycles. The summed E-state index contributed by atoms with van der Waals surface area (Å²) in [6, 6.07) is 1.52. The van der Waals surface area contributed by atoms with Crippen molar-refractivity contribution in [2.75, 3.05) is 13.7 Å². The summed E-state index contributed by atoms with van der Waals surface area (Å²) >= 11 is 0. The van der Waals surface area contributed by atoms with E-state index in [4.69, 9.17) is 14.2 Å². The van der Waals surface area contributed by atoms with Gasteiger partial charge in [-0.15, -0.1) is 0 Å². The number of carbonyl (C=O) groups is 4. The highest BCUT2D eigenvalue weighted by molar-refractivity contribution is 7.91. The molecule has 2 aromatic rings. The lowest BCUT2D eigenvalue weighted by atomic mass is 9.85. The molecule has 3 aliphatic carbocycles. The van der Waals surface area contributed by atoms with Crippen LogP contribution < -0.4 is 24.8 Å². The van der Waals surface area contributed by atoms with Crippen LogP contribution in [0.2, 0.25) is 0 Å². The normalized spacial score (nSPS) is 30.9. The zero-order valence-corrected chi connectivity index (χ0v) is 35.9. The minimum Gasteiger partial charge on any atom is -0.497 e. The van der Waals surface area contributed by atoms with Crippen LogP contribution in [-0.2, 0) is 35.1 Å². The number of carbonyl (C=O) groups excluding carboxylic acids is 4. The van der Waals surface area contributed by atoms with Gasteiger partial charge in [-0.25, -0.2) is 23.2 Å². The minimum atomic E-state index is -4.34. The van der Waals surface area contributed by atoms with Crippen molar-refractivity contribution in [3.05, 3.63) is 35.5 Å². The summed E-state index contributed by atoms with van der Waals surface area (Å²) in [6.45, 7) is 9.30. The Hall–Kier alpha value is -4.75. The number of nitrogens with one attached hydrogen (secondary N) is 3. The van der Waals surface area contributed by atoms with Crippen molar-refractivity contribution < 1.29 is 59.4 Å². The molecule has 4 amide bonds. The molecule has 1 aromatic carbocycles. The Morgan fingerprint density at radius 2 is 1.77 bits per heavy atom. The van der Waals surface area contributed by atoms with E-state index in [2.05, 4.69) is 20.6 Å². The molecule has 7 rings (SSSR count). The maximum absolute atomic E-state index is 16.4. The number of benzene rings is 1. The molecule has 0 radical (unpaired) electrons. The lowest BCUT2D eigenvalue weighted by Crippen LogP contribution is -2.61. The van der Waals surface area contributed by atoms with Gasteiger partial charge < -0.3 is 29.7 Å². The number of nitrogens with zero attached hydrogens (tertiary/aromatic N) is 3. The molecule has 0 spiro atoms. The Kier molecular flexibility index (Phi) is 11.1. The monoisotopic (exact) mass is 880 g/mol. The fraction of sp³-hybridized carbons (Fsp3) is 0.659. The number of methoxy groups -OCH3 is 1. The summed E-state index contributed by atoms with van der Waals surface area (Å²) in [5, 5.41) is 5.03. The number of sulfonamides is 1. The second kappa shape index (κ2) is 15.3. The maximum Gasteiger partial charge on any atom is 0.408 e. The molecule has 3 N–H and O–H groups in total. The van der Waals surface area contributed by atoms with Crippen LogP contribution in [0.15, 0.2) is 29.9 Å². The number of fused-ring (bicyclic) bond motifs is 5. The lowest BCUT2D eigenvalue weighted by molar-refractivity contribution is -0.143. The van der Waals surface area contributed by atoms with E-state index in [1.807, 2.05) is 4.72 Å². The van der Waals surface area contributed by atoms with Gasteiger partial charge >= 0.3 is 6.09 Å². The van der Waals surface area contributed by atoms with Crippen molar-refractivity contribution in [1.29, 1.82) is 0 Å². The van der Waals surface area contributed by atoms with E-state index < -0.39 is 128 Å². The number of hydrogen-bond donors (Lipinski definition) is 3. The second-order valence-electron chi connectivity index (χ2n) is 18.6. The molecule has 61 heavy (non-hydrogen) atoms. The van der Waals surface area contributed by atoms with E-state index in [1.165, 1.54) is 26.2 Å².